The first kappa shape index (κ1) is 12.6. The van der Waals surface area contributed by atoms with Crippen LogP contribution in [-0.4, -0.2) is 55.9 Å². The van der Waals surface area contributed by atoms with Crippen LogP contribution in [0.5, 0.6) is 0 Å². The van der Waals surface area contributed by atoms with Gasteiger partial charge in [-0.15, -0.1) is 0 Å². The summed E-state index contributed by atoms with van der Waals surface area (Å²) in [5.41, 5.74) is 5.68. The van der Waals surface area contributed by atoms with Crippen molar-refractivity contribution in [3.05, 3.63) is 0 Å². The molecular weight excluding hydrogens is 218 g/mol. The smallest absolute Gasteiger partial charge is 0.191 e. The predicted octanol–water partition coefficient (Wildman–Crippen LogP) is 0.589. The number of ether oxygens (including phenoxy) is 2. The van der Waals surface area contributed by atoms with Crippen molar-refractivity contribution < 1.29 is 9.47 Å². The number of hydrogen-bond acceptors (Lipinski definition) is 3. The van der Waals surface area contributed by atoms with Crippen LogP contribution in [0.3, 0.4) is 0 Å². The number of rotatable bonds is 3. The Morgan fingerprint density at radius 1 is 1.59 bits per heavy atom. The number of guanidine groups is 1. The van der Waals surface area contributed by atoms with Crippen LogP contribution in [0.15, 0.2) is 4.99 Å². The molecule has 0 aromatic heterocycles. The van der Waals surface area contributed by atoms with Gasteiger partial charge >= 0.3 is 0 Å². The number of nitrogens with two attached hydrogens (primary N) is 1. The summed E-state index contributed by atoms with van der Waals surface area (Å²) in [6.45, 7) is 3.57. The Hall–Kier alpha value is -0.810. The second-order valence-corrected chi connectivity index (χ2v) is 4.98. The molecule has 2 N–H and O–H groups in total. The standard InChI is InChI=1S/C12H23N3O2/c1-4-16-10-8-9(14-11(13)15(2)3)12(10)6-5-7-17-12/h9-10H,4-8H2,1-3H3,(H2,13,14)/t9-,10+,12-/m0/s1. The summed E-state index contributed by atoms with van der Waals surface area (Å²) < 4.78 is 11.7. The van der Waals surface area contributed by atoms with Gasteiger partial charge in [0.15, 0.2) is 5.96 Å². The van der Waals surface area contributed by atoms with Gasteiger partial charge in [0.05, 0.1) is 12.1 Å². The van der Waals surface area contributed by atoms with Crippen LogP contribution < -0.4 is 5.73 Å². The number of aliphatic imine (C=N–C) groups is 1. The number of hydrogen-bond donors (Lipinski definition) is 1. The van der Waals surface area contributed by atoms with Crippen molar-refractivity contribution in [3.8, 4) is 0 Å². The van der Waals surface area contributed by atoms with Crippen LogP contribution in [0.25, 0.3) is 0 Å². The van der Waals surface area contributed by atoms with E-state index in [-0.39, 0.29) is 17.7 Å². The van der Waals surface area contributed by atoms with Crippen molar-refractivity contribution >= 4 is 5.96 Å². The molecule has 98 valence electrons. The highest BCUT2D eigenvalue weighted by Crippen LogP contribution is 2.47. The fourth-order valence-corrected chi connectivity index (χ4v) is 2.70. The van der Waals surface area contributed by atoms with Crippen molar-refractivity contribution in [2.24, 2.45) is 10.7 Å². The summed E-state index contributed by atoms with van der Waals surface area (Å²) in [6.07, 6.45) is 3.24. The van der Waals surface area contributed by atoms with E-state index in [2.05, 4.69) is 4.99 Å². The Kier molecular flexibility index (Phi) is 3.58. The van der Waals surface area contributed by atoms with Gasteiger partial charge in [-0.05, 0) is 19.8 Å². The first-order valence-corrected chi connectivity index (χ1v) is 6.36. The number of nitrogens with zero attached hydrogens (tertiary/aromatic N) is 2. The monoisotopic (exact) mass is 241 g/mol. The lowest BCUT2D eigenvalue weighted by atomic mass is 9.70. The van der Waals surface area contributed by atoms with E-state index < -0.39 is 0 Å². The second kappa shape index (κ2) is 4.82. The zero-order chi connectivity index (χ0) is 12.5. The Labute approximate surface area is 103 Å². The molecule has 0 amide bonds. The minimum atomic E-state index is -0.198. The van der Waals surface area contributed by atoms with E-state index in [1.54, 1.807) is 0 Å². The zero-order valence-electron chi connectivity index (χ0n) is 11.0. The third-order valence-corrected chi connectivity index (χ3v) is 3.74. The summed E-state index contributed by atoms with van der Waals surface area (Å²) in [7, 11) is 3.80. The van der Waals surface area contributed by atoms with E-state index in [0.717, 1.165) is 32.5 Å². The second-order valence-electron chi connectivity index (χ2n) is 4.98. The van der Waals surface area contributed by atoms with Crippen LogP contribution in [0.1, 0.15) is 26.2 Å². The topological polar surface area (TPSA) is 60.1 Å². The van der Waals surface area contributed by atoms with E-state index >= 15 is 0 Å². The minimum absolute atomic E-state index is 0.156. The highest BCUT2D eigenvalue weighted by Gasteiger charge is 2.59. The first-order chi connectivity index (χ1) is 8.10. The van der Waals surface area contributed by atoms with Gasteiger partial charge in [0.25, 0.3) is 0 Å². The first-order valence-electron chi connectivity index (χ1n) is 6.36. The molecule has 5 heteroatoms. The van der Waals surface area contributed by atoms with Gasteiger partial charge in [0.2, 0.25) is 0 Å². The van der Waals surface area contributed by atoms with Gasteiger partial charge in [-0.2, -0.15) is 0 Å². The quantitative estimate of drug-likeness (QED) is 0.580. The molecule has 0 radical (unpaired) electrons. The van der Waals surface area contributed by atoms with Crippen LogP contribution in [-0.2, 0) is 9.47 Å². The van der Waals surface area contributed by atoms with Crippen LogP contribution >= 0.6 is 0 Å². The molecule has 1 heterocycles. The summed E-state index contributed by atoms with van der Waals surface area (Å²) >= 11 is 0. The predicted molar refractivity (Wildman–Crippen MR) is 67.0 cm³/mol. The zero-order valence-corrected chi connectivity index (χ0v) is 11.0. The molecular formula is C12H23N3O2. The van der Waals surface area contributed by atoms with Gasteiger partial charge in [0, 0.05) is 33.7 Å². The van der Waals surface area contributed by atoms with E-state index in [1.807, 2.05) is 25.9 Å². The molecule has 17 heavy (non-hydrogen) atoms. The molecule has 0 unspecified atom stereocenters. The molecule has 2 fully saturated rings. The van der Waals surface area contributed by atoms with Gasteiger partial charge in [-0.25, -0.2) is 4.99 Å². The summed E-state index contributed by atoms with van der Waals surface area (Å²) in [4.78, 5) is 6.39. The lowest BCUT2D eigenvalue weighted by Crippen LogP contribution is -2.63. The summed E-state index contributed by atoms with van der Waals surface area (Å²) in [5.74, 6) is 0.569. The average molecular weight is 241 g/mol. The molecule has 0 aromatic carbocycles. The van der Waals surface area contributed by atoms with E-state index in [0.29, 0.717) is 5.96 Å². The summed E-state index contributed by atoms with van der Waals surface area (Å²) in [6, 6.07) is 0.156. The molecule has 2 aliphatic rings. The molecule has 1 saturated carbocycles. The van der Waals surface area contributed by atoms with Gasteiger partial charge < -0.3 is 20.1 Å². The summed E-state index contributed by atoms with van der Waals surface area (Å²) in [5, 5.41) is 0. The molecule has 2 rings (SSSR count). The van der Waals surface area contributed by atoms with Crippen molar-refractivity contribution in [3.63, 3.8) is 0 Å². The van der Waals surface area contributed by atoms with Crippen LogP contribution in [0.4, 0.5) is 0 Å². The van der Waals surface area contributed by atoms with Gasteiger partial charge in [0.1, 0.15) is 5.60 Å². The lowest BCUT2D eigenvalue weighted by molar-refractivity contribution is -0.189. The highest BCUT2D eigenvalue weighted by atomic mass is 16.6. The molecule has 1 aliphatic heterocycles. The van der Waals surface area contributed by atoms with Gasteiger partial charge in [-0.1, -0.05) is 0 Å². The molecule has 5 nitrogen and oxygen atoms in total. The SMILES string of the molecule is CCO[C@@H]1C[C@H](N=C(N)N(C)C)[C@@]12CCCO2. The maximum absolute atomic E-state index is 5.93. The Balaban J connectivity index is 2.08. The van der Waals surface area contributed by atoms with Crippen LogP contribution in [0.2, 0.25) is 0 Å². The lowest BCUT2D eigenvalue weighted by Gasteiger charge is -2.50. The average Bonchev–Trinajstić information content (AvgIpc) is 2.79. The van der Waals surface area contributed by atoms with Crippen molar-refractivity contribution in [2.45, 2.75) is 43.9 Å². The molecule has 0 aromatic rings. The van der Waals surface area contributed by atoms with E-state index in [1.165, 1.54) is 0 Å². The molecule has 1 aliphatic carbocycles. The third kappa shape index (κ3) is 2.13. The van der Waals surface area contributed by atoms with Crippen molar-refractivity contribution in [1.29, 1.82) is 0 Å². The van der Waals surface area contributed by atoms with E-state index in [9.17, 15) is 0 Å². The van der Waals surface area contributed by atoms with Gasteiger partial charge in [-0.3, -0.25) is 0 Å². The molecule has 1 saturated heterocycles. The maximum Gasteiger partial charge on any atom is 0.191 e. The van der Waals surface area contributed by atoms with Crippen molar-refractivity contribution in [1.82, 2.24) is 4.90 Å². The maximum atomic E-state index is 5.93. The molecule has 0 bridgehead atoms. The Morgan fingerprint density at radius 3 is 2.88 bits per heavy atom. The highest BCUT2D eigenvalue weighted by molar-refractivity contribution is 5.77. The Bertz CT molecular complexity index is 298. The third-order valence-electron chi connectivity index (χ3n) is 3.74. The Morgan fingerprint density at radius 2 is 2.35 bits per heavy atom. The normalized spacial score (nSPS) is 37.2. The fourth-order valence-electron chi connectivity index (χ4n) is 2.70. The minimum Gasteiger partial charge on any atom is -0.375 e. The van der Waals surface area contributed by atoms with Crippen LogP contribution in [0, 0.1) is 0 Å². The van der Waals surface area contributed by atoms with Crippen molar-refractivity contribution in [2.75, 3.05) is 27.3 Å². The molecule has 3 atom stereocenters. The largest absolute Gasteiger partial charge is 0.375 e. The van der Waals surface area contributed by atoms with E-state index in [4.69, 9.17) is 15.2 Å². The molecule has 1 spiro atoms. The fraction of sp³-hybridized carbons (Fsp3) is 0.917.